The molecule has 4 aromatic rings. The summed E-state index contributed by atoms with van der Waals surface area (Å²) in [6, 6.07) is 16.4. The molecule has 0 aliphatic heterocycles. The first-order chi connectivity index (χ1) is 12.3. The van der Waals surface area contributed by atoms with Crippen LogP contribution in [0.2, 0.25) is 5.02 Å². The average Bonchev–Trinajstić information content (AvgIpc) is 3.04. The van der Waals surface area contributed by atoms with Crippen molar-refractivity contribution < 1.29 is 0 Å². The van der Waals surface area contributed by atoms with Gasteiger partial charge in [0.05, 0.1) is 0 Å². The van der Waals surface area contributed by atoms with Gasteiger partial charge in [0.25, 0.3) is 0 Å². The highest BCUT2D eigenvalue weighted by Gasteiger charge is 2.05. The Balaban J connectivity index is 1.43. The van der Waals surface area contributed by atoms with Crippen molar-refractivity contribution in [3.8, 4) is 0 Å². The highest BCUT2D eigenvalue weighted by molar-refractivity contribution is 6.30. The summed E-state index contributed by atoms with van der Waals surface area (Å²) in [5, 5.41) is 1.96. The summed E-state index contributed by atoms with van der Waals surface area (Å²) in [4.78, 5) is 12.2. The maximum absolute atomic E-state index is 6.03. The highest BCUT2D eigenvalue weighted by atomic mass is 35.5. The zero-order valence-electron chi connectivity index (χ0n) is 13.7. The Hall–Kier alpha value is -2.65. The third-order valence-electron chi connectivity index (χ3n) is 4.38. The molecular formula is C21H18ClN3. The van der Waals surface area contributed by atoms with E-state index in [2.05, 4.69) is 39.2 Å². The highest BCUT2D eigenvalue weighted by Crippen LogP contribution is 2.19. The van der Waals surface area contributed by atoms with Crippen LogP contribution in [-0.2, 0) is 19.3 Å². The number of benzene rings is 1. The number of rotatable bonds is 5. The molecule has 3 aromatic heterocycles. The molecule has 0 bridgehead atoms. The smallest absolute Gasteiger partial charge is 0.137 e. The van der Waals surface area contributed by atoms with Crippen molar-refractivity contribution in [3.05, 3.63) is 94.5 Å². The van der Waals surface area contributed by atoms with Crippen molar-refractivity contribution in [1.29, 1.82) is 0 Å². The van der Waals surface area contributed by atoms with Crippen LogP contribution in [0.3, 0.4) is 0 Å². The largest absolute Gasteiger partial charge is 0.346 e. The zero-order chi connectivity index (χ0) is 17.1. The van der Waals surface area contributed by atoms with Gasteiger partial charge in [0.1, 0.15) is 5.65 Å². The maximum atomic E-state index is 6.03. The van der Waals surface area contributed by atoms with Gasteiger partial charge in [0.15, 0.2) is 0 Å². The second kappa shape index (κ2) is 7.08. The number of H-pyrrole nitrogens is 1. The summed E-state index contributed by atoms with van der Waals surface area (Å²) in [6.45, 7) is 0. The molecule has 4 heteroatoms. The number of pyridine rings is 2. The Morgan fingerprint density at radius 3 is 2.72 bits per heavy atom. The molecule has 0 saturated carbocycles. The zero-order valence-corrected chi connectivity index (χ0v) is 14.5. The van der Waals surface area contributed by atoms with E-state index in [0.717, 1.165) is 35.6 Å². The molecule has 1 N–H and O–H groups in total. The molecule has 25 heavy (non-hydrogen) atoms. The minimum atomic E-state index is 0.786. The van der Waals surface area contributed by atoms with Gasteiger partial charge >= 0.3 is 0 Å². The summed E-state index contributed by atoms with van der Waals surface area (Å²) < 4.78 is 0. The number of halogens is 1. The number of nitrogens with one attached hydrogen (secondary N) is 1. The van der Waals surface area contributed by atoms with Gasteiger partial charge in [-0.15, -0.1) is 0 Å². The second-order valence-electron chi connectivity index (χ2n) is 6.18. The molecule has 124 valence electrons. The Morgan fingerprint density at radius 1 is 0.920 bits per heavy atom. The number of hydrogen-bond donors (Lipinski definition) is 1. The Labute approximate surface area is 151 Å². The summed E-state index contributed by atoms with van der Waals surface area (Å²) in [5.41, 5.74) is 5.73. The van der Waals surface area contributed by atoms with Crippen LogP contribution in [0.5, 0.6) is 0 Å². The quantitative estimate of drug-likeness (QED) is 0.552. The van der Waals surface area contributed by atoms with E-state index in [9.17, 15) is 0 Å². The van der Waals surface area contributed by atoms with E-state index in [1.165, 1.54) is 22.1 Å². The number of aromatic amines is 1. The van der Waals surface area contributed by atoms with Crippen LogP contribution in [0.15, 0.2) is 67.1 Å². The van der Waals surface area contributed by atoms with Gasteiger partial charge < -0.3 is 4.98 Å². The molecule has 0 aliphatic rings. The van der Waals surface area contributed by atoms with Gasteiger partial charge in [-0.05, 0) is 59.9 Å². The molecule has 4 rings (SSSR count). The number of fused-ring (bicyclic) bond motifs is 1. The molecule has 0 saturated heterocycles. The van der Waals surface area contributed by atoms with Crippen LogP contribution in [-0.4, -0.2) is 15.0 Å². The Bertz CT molecular complexity index is 989. The average molecular weight is 348 g/mol. The van der Waals surface area contributed by atoms with Crippen LogP contribution < -0.4 is 0 Å². The molecular weight excluding hydrogens is 330 g/mol. The molecule has 3 nitrogen and oxygen atoms in total. The predicted octanol–water partition coefficient (Wildman–Crippen LogP) is 4.99. The van der Waals surface area contributed by atoms with Crippen LogP contribution in [0, 0.1) is 0 Å². The maximum Gasteiger partial charge on any atom is 0.137 e. The number of hydrogen-bond acceptors (Lipinski definition) is 2. The van der Waals surface area contributed by atoms with Gasteiger partial charge in [-0.1, -0.05) is 29.8 Å². The number of nitrogens with zero attached hydrogens (tertiary/aromatic N) is 2. The van der Waals surface area contributed by atoms with Crippen molar-refractivity contribution in [2.45, 2.75) is 19.3 Å². The summed E-state index contributed by atoms with van der Waals surface area (Å²) >= 11 is 6.03. The molecule has 1 aromatic carbocycles. The summed E-state index contributed by atoms with van der Waals surface area (Å²) in [7, 11) is 0. The van der Waals surface area contributed by atoms with E-state index < -0.39 is 0 Å². The number of aromatic nitrogens is 3. The fourth-order valence-corrected chi connectivity index (χ4v) is 3.26. The van der Waals surface area contributed by atoms with Gasteiger partial charge in [-0.2, -0.15) is 0 Å². The van der Waals surface area contributed by atoms with Crippen molar-refractivity contribution in [3.63, 3.8) is 0 Å². The van der Waals surface area contributed by atoms with E-state index in [1.807, 2.05) is 36.7 Å². The molecule has 0 fully saturated rings. The molecule has 3 heterocycles. The fourth-order valence-electron chi connectivity index (χ4n) is 3.05. The van der Waals surface area contributed by atoms with Crippen molar-refractivity contribution >= 4 is 22.6 Å². The lowest BCUT2D eigenvalue weighted by Gasteiger charge is -2.04. The van der Waals surface area contributed by atoms with E-state index in [4.69, 9.17) is 11.6 Å². The molecule has 0 atom stereocenters. The number of aryl methyl sites for hydroxylation is 2. The topological polar surface area (TPSA) is 41.6 Å². The monoisotopic (exact) mass is 347 g/mol. The first kappa shape index (κ1) is 15.9. The summed E-state index contributed by atoms with van der Waals surface area (Å²) in [6.07, 6.45) is 8.53. The molecule has 0 unspecified atom stereocenters. The lowest BCUT2D eigenvalue weighted by atomic mass is 10.0. The minimum Gasteiger partial charge on any atom is -0.346 e. The van der Waals surface area contributed by atoms with E-state index >= 15 is 0 Å². The fraction of sp³-hybridized carbons (Fsp3) is 0.143. The van der Waals surface area contributed by atoms with Crippen LogP contribution in [0.1, 0.15) is 22.4 Å². The Morgan fingerprint density at radius 2 is 1.88 bits per heavy atom. The van der Waals surface area contributed by atoms with E-state index in [0.29, 0.717) is 0 Å². The summed E-state index contributed by atoms with van der Waals surface area (Å²) in [5.74, 6) is 0. The SMILES string of the molecule is Clc1cccc(CCc2ccc(Cc3c[nH]c4ncccc34)cn2)c1. The van der Waals surface area contributed by atoms with Crippen LogP contribution >= 0.6 is 11.6 Å². The Kier molecular flexibility index (Phi) is 4.49. The van der Waals surface area contributed by atoms with Crippen molar-refractivity contribution in [1.82, 2.24) is 15.0 Å². The molecule has 0 amide bonds. The van der Waals surface area contributed by atoms with E-state index in [1.54, 1.807) is 6.20 Å². The van der Waals surface area contributed by atoms with Crippen LogP contribution in [0.4, 0.5) is 0 Å². The first-order valence-corrected chi connectivity index (χ1v) is 8.75. The van der Waals surface area contributed by atoms with Gasteiger partial charge in [0.2, 0.25) is 0 Å². The lowest BCUT2D eigenvalue weighted by Crippen LogP contribution is -1.96. The lowest BCUT2D eigenvalue weighted by molar-refractivity contribution is 0.908. The third kappa shape index (κ3) is 3.72. The molecule has 0 aliphatic carbocycles. The molecule has 0 spiro atoms. The minimum absolute atomic E-state index is 0.786. The van der Waals surface area contributed by atoms with Crippen molar-refractivity contribution in [2.75, 3.05) is 0 Å². The van der Waals surface area contributed by atoms with Crippen LogP contribution in [0.25, 0.3) is 11.0 Å². The third-order valence-corrected chi connectivity index (χ3v) is 4.61. The predicted molar refractivity (Wildman–Crippen MR) is 102 cm³/mol. The first-order valence-electron chi connectivity index (χ1n) is 8.37. The van der Waals surface area contributed by atoms with Gasteiger partial charge in [0, 0.05) is 41.1 Å². The second-order valence-corrected chi connectivity index (χ2v) is 6.61. The molecule has 0 radical (unpaired) electrons. The van der Waals surface area contributed by atoms with E-state index in [-0.39, 0.29) is 0 Å². The van der Waals surface area contributed by atoms with Gasteiger partial charge in [-0.25, -0.2) is 4.98 Å². The van der Waals surface area contributed by atoms with Gasteiger partial charge in [-0.3, -0.25) is 4.98 Å². The van der Waals surface area contributed by atoms with Crippen molar-refractivity contribution in [2.24, 2.45) is 0 Å². The normalized spacial score (nSPS) is 11.1. The standard InChI is InChI=1S/C21H18ClN3/c22-18-4-1-3-15(12-18)6-8-19-9-7-16(13-24-19)11-17-14-25-21-20(17)5-2-10-23-21/h1-5,7,9-10,12-14H,6,8,11H2,(H,23,25).